The number of rotatable bonds is 4. The normalized spacial score (nSPS) is 10.4. The minimum Gasteiger partial charge on any atom is -0.487 e. The minimum atomic E-state index is 0.419. The zero-order valence-electron chi connectivity index (χ0n) is 9.13. The molecule has 1 heterocycles. The topological polar surface area (TPSA) is 66.0 Å². The molecule has 0 fully saturated rings. The minimum absolute atomic E-state index is 0.419. The van der Waals surface area contributed by atoms with E-state index in [2.05, 4.69) is 10.3 Å². The number of hydrogen-bond donors (Lipinski definition) is 1. The molecule has 0 radical (unpaired) electrons. The highest BCUT2D eigenvalue weighted by Gasteiger charge is 2.00. The van der Waals surface area contributed by atoms with Crippen LogP contribution < -0.4 is 10.5 Å². The van der Waals surface area contributed by atoms with Gasteiger partial charge in [0.2, 0.25) is 0 Å². The fraction of sp³-hybridized carbons (Fsp3) is 0.273. The Bertz CT molecular complexity index is 467. The molecule has 0 aliphatic carbocycles. The summed E-state index contributed by atoms with van der Waals surface area (Å²) in [6.07, 6.45) is 1.83. The number of ether oxygens (including phenoxy) is 1. The van der Waals surface area contributed by atoms with Crippen LogP contribution in [0.2, 0.25) is 0 Å². The highest BCUT2D eigenvalue weighted by molar-refractivity contribution is 5.28. The van der Waals surface area contributed by atoms with Crippen molar-refractivity contribution in [2.24, 2.45) is 12.8 Å². The van der Waals surface area contributed by atoms with E-state index in [0.717, 1.165) is 17.0 Å². The molecule has 2 N–H and O–H groups in total. The lowest BCUT2D eigenvalue weighted by molar-refractivity contribution is 0.301. The van der Waals surface area contributed by atoms with Gasteiger partial charge in [0.25, 0.3) is 0 Å². The van der Waals surface area contributed by atoms with Crippen LogP contribution in [0.1, 0.15) is 11.3 Å². The predicted molar refractivity (Wildman–Crippen MR) is 59.7 cm³/mol. The van der Waals surface area contributed by atoms with Gasteiger partial charge in [-0.3, -0.25) is 4.68 Å². The molecule has 0 aliphatic rings. The molecule has 0 unspecified atom stereocenters. The number of aromatic nitrogens is 3. The number of aryl methyl sites for hydroxylation is 1. The van der Waals surface area contributed by atoms with Crippen LogP contribution in [-0.4, -0.2) is 15.0 Å². The second kappa shape index (κ2) is 4.76. The molecule has 84 valence electrons. The van der Waals surface area contributed by atoms with Crippen LogP contribution >= 0.6 is 0 Å². The Labute approximate surface area is 93.8 Å². The molecule has 0 atom stereocenters. The molecule has 0 saturated heterocycles. The maximum absolute atomic E-state index is 5.58. The Hall–Kier alpha value is -1.88. The Morgan fingerprint density at radius 1 is 1.44 bits per heavy atom. The summed E-state index contributed by atoms with van der Waals surface area (Å²) in [5, 5.41) is 7.77. The molecule has 1 aromatic carbocycles. The van der Waals surface area contributed by atoms with Gasteiger partial charge in [-0.25, -0.2) is 0 Å². The fourth-order valence-electron chi connectivity index (χ4n) is 1.38. The van der Waals surface area contributed by atoms with E-state index in [-0.39, 0.29) is 0 Å². The van der Waals surface area contributed by atoms with E-state index in [0.29, 0.717) is 13.2 Å². The Morgan fingerprint density at radius 2 is 2.31 bits per heavy atom. The van der Waals surface area contributed by atoms with Crippen molar-refractivity contribution in [3.05, 3.63) is 41.7 Å². The molecule has 0 saturated carbocycles. The molecule has 5 nitrogen and oxygen atoms in total. The average molecular weight is 218 g/mol. The summed E-state index contributed by atoms with van der Waals surface area (Å²) in [5.41, 5.74) is 7.41. The molecule has 16 heavy (non-hydrogen) atoms. The van der Waals surface area contributed by atoms with Crippen LogP contribution in [0.3, 0.4) is 0 Å². The third kappa shape index (κ3) is 2.58. The van der Waals surface area contributed by atoms with Gasteiger partial charge in [-0.05, 0) is 17.7 Å². The molecular formula is C11H14N4O. The van der Waals surface area contributed by atoms with Gasteiger partial charge in [-0.2, -0.15) is 0 Å². The van der Waals surface area contributed by atoms with Gasteiger partial charge >= 0.3 is 0 Å². The van der Waals surface area contributed by atoms with Gasteiger partial charge < -0.3 is 10.5 Å². The smallest absolute Gasteiger partial charge is 0.134 e. The van der Waals surface area contributed by atoms with Crippen molar-refractivity contribution in [1.82, 2.24) is 15.0 Å². The maximum atomic E-state index is 5.58. The lowest BCUT2D eigenvalue weighted by atomic mass is 10.2. The Morgan fingerprint density at radius 3 is 3.00 bits per heavy atom. The van der Waals surface area contributed by atoms with E-state index in [1.165, 1.54) is 0 Å². The van der Waals surface area contributed by atoms with Gasteiger partial charge in [0, 0.05) is 13.6 Å². The van der Waals surface area contributed by atoms with Crippen molar-refractivity contribution in [1.29, 1.82) is 0 Å². The molecular weight excluding hydrogens is 204 g/mol. The highest BCUT2D eigenvalue weighted by Crippen LogP contribution is 2.14. The average Bonchev–Trinajstić information content (AvgIpc) is 2.73. The second-order valence-electron chi connectivity index (χ2n) is 3.52. The van der Waals surface area contributed by atoms with Gasteiger partial charge in [-0.15, -0.1) is 5.10 Å². The maximum Gasteiger partial charge on any atom is 0.134 e. The van der Waals surface area contributed by atoms with Crippen LogP contribution in [0.5, 0.6) is 5.75 Å². The molecule has 0 spiro atoms. The molecule has 2 aromatic rings. The first-order chi connectivity index (χ1) is 7.78. The van der Waals surface area contributed by atoms with Gasteiger partial charge in [0.1, 0.15) is 18.1 Å². The molecule has 1 aromatic heterocycles. The first-order valence-electron chi connectivity index (χ1n) is 5.05. The predicted octanol–water partition coefficient (Wildman–Crippen LogP) is 0.853. The van der Waals surface area contributed by atoms with Gasteiger partial charge in [0.05, 0.1) is 6.20 Å². The first-order valence-corrected chi connectivity index (χ1v) is 5.05. The Balaban J connectivity index is 1.99. The van der Waals surface area contributed by atoms with Gasteiger partial charge in [-0.1, -0.05) is 17.3 Å². The number of nitrogens with zero attached hydrogens (tertiary/aromatic N) is 3. The summed E-state index contributed by atoms with van der Waals surface area (Å²) >= 11 is 0. The van der Waals surface area contributed by atoms with E-state index in [1.54, 1.807) is 4.68 Å². The molecule has 0 amide bonds. The lowest BCUT2D eigenvalue weighted by Crippen LogP contribution is -1.99. The van der Waals surface area contributed by atoms with Crippen molar-refractivity contribution in [3.63, 3.8) is 0 Å². The molecule has 2 rings (SSSR count). The van der Waals surface area contributed by atoms with Crippen molar-refractivity contribution in [2.75, 3.05) is 0 Å². The fourth-order valence-corrected chi connectivity index (χ4v) is 1.38. The SMILES string of the molecule is Cn1cc(COc2cccc(CN)c2)nn1. The zero-order chi connectivity index (χ0) is 11.4. The van der Waals surface area contributed by atoms with Crippen LogP contribution in [0.25, 0.3) is 0 Å². The van der Waals surface area contributed by atoms with E-state index >= 15 is 0 Å². The van der Waals surface area contributed by atoms with Crippen molar-refractivity contribution >= 4 is 0 Å². The van der Waals surface area contributed by atoms with Crippen LogP contribution in [0.15, 0.2) is 30.5 Å². The van der Waals surface area contributed by atoms with Gasteiger partial charge in [0.15, 0.2) is 0 Å². The second-order valence-corrected chi connectivity index (χ2v) is 3.52. The first kappa shape index (κ1) is 10.6. The van der Waals surface area contributed by atoms with Crippen LogP contribution in [0.4, 0.5) is 0 Å². The third-order valence-corrected chi connectivity index (χ3v) is 2.17. The highest BCUT2D eigenvalue weighted by atomic mass is 16.5. The lowest BCUT2D eigenvalue weighted by Gasteiger charge is -2.05. The van der Waals surface area contributed by atoms with Crippen molar-refractivity contribution in [2.45, 2.75) is 13.2 Å². The quantitative estimate of drug-likeness (QED) is 0.826. The zero-order valence-corrected chi connectivity index (χ0v) is 9.13. The number of nitrogens with two attached hydrogens (primary N) is 1. The third-order valence-electron chi connectivity index (χ3n) is 2.17. The molecule has 0 aliphatic heterocycles. The van der Waals surface area contributed by atoms with Crippen molar-refractivity contribution < 1.29 is 4.74 Å². The summed E-state index contributed by atoms with van der Waals surface area (Å²) < 4.78 is 7.22. The van der Waals surface area contributed by atoms with E-state index < -0.39 is 0 Å². The summed E-state index contributed by atoms with van der Waals surface area (Å²) in [4.78, 5) is 0. The van der Waals surface area contributed by atoms with E-state index in [1.807, 2.05) is 37.5 Å². The summed E-state index contributed by atoms with van der Waals surface area (Å²) in [5.74, 6) is 0.800. The summed E-state index contributed by atoms with van der Waals surface area (Å²) in [6.45, 7) is 0.935. The molecule has 0 bridgehead atoms. The summed E-state index contributed by atoms with van der Waals surface area (Å²) in [7, 11) is 1.82. The standard InChI is InChI=1S/C11H14N4O/c1-15-7-10(13-14-15)8-16-11-4-2-3-9(5-11)6-12/h2-5,7H,6,8,12H2,1H3. The summed E-state index contributed by atoms with van der Waals surface area (Å²) in [6, 6.07) is 7.72. The van der Waals surface area contributed by atoms with Crippen LogP contribution in [0, 0.1) is 0 Å². The Kier molecular flexibility index (Phi) is 3.16. The molecule has 5 heteroatoms. The van der Waals surface area contributed by atoms with E-state index in [9.17, 15) is 0 Å². The van der Waals surface area contributed by atoms with E-state index in [4.69, 9.17) is 10.5 Å². The monoisotopic (exact) mass is 218 g/mol. The largest absolute Gasteiger partial charge is 0.487 e. The number of hydrogen-bond acceptors (Lipinski definition) is 4. The van der Waals surface area contributed by atoms with Crippen molar-refractivity contribution in [3.8, 4) is 5.75 Å². The number of benzene rings is 1. The van der Waals surface area contributed by atoms with Crippen LogP contribution in [-0.2, 0) is 20.2 Å².